The van der Waals surface area contributed by atoms with Crippen molar-refractivity contribution in [3.05, 3.63) is 18.0 Å². The largest absolute Gasteiger partial charge is 0.329 e. The van der Waals surface area contributed by atoms with Gasteiger partial charge < -0.3 is 5.73 Å². The van der Waals surface area contributed by atoms with E-state index in [0.29, 0.717) is 18.0 Å². The van der Waals surface area contributed by atoms with E-state index < -0.39 is 0 Å². The number of likely N-dealkylation sites (tertiary alicyclic amines) is 1. The molecule has 0 aliphatic carbocycles. The van der Waals surface area contributed by atoms with Crippen molar-refractivity contribution in [2.75, 3.05) is 19.6 Å². The molecule has 1 unspecified atom stereocenters. The normalized spacial score (nSPS) is 20.2. The number of rotatable bonds is 4. The number of hydrogen-bond donors (Lipinski definition) is 1. The fourth-order valence-electron chi connectivity index (χ4n) is 3.30. The minimum atomic E-state index is 0.330. The smallest absolute Gasteiger partial charge is 0.0538 e. The molecule has 20 heavy (non-hydrogen) atoms. The topological polar surface area (TPSA) is 47.1 Å². The van der Waals surface area contributed by atoms with Crippen LogP contribution in [0.4, 0.5) is 0 Å². The summed E-state index contributed by atoms with van der Waals surface area (Å²) in [4.78, 5) is 2.54. The predicted octanol–water partition coefficient (Wildman–Crippen LogP) is 2.66. The van der Waals surface area contributed by atoms with Crippen molar-refractivity contribution in [2.45, 2.75) is 53.1 Å². The Hall–Kier alpha value is -0.870. The Bertz CT molecular complexity index is 410. The van der Waals surface area contributed by atoms with Crippen LogP contribution in [-0.4, -0.2) is 34.3 Å². The quantitative estimate of drug-likeness (QED) is 0.921. The van der Waals surface area contributed by atoms with Crippen LogP contribution in [0.15, 0.2) is 12.4 Å². The predicted molar refractivity (Wildman–Crippen MR) is 83.4 cm³/mol. The second-order valence-corrected chi connectivity index (χ2v) is 7.06. The molecule has 1 aromatic heterocycles. The first-order valence-corrected chi connectivity index (χ1v) is 7.92. The Labute approximate surface area is 123 Å². The van der Waals surface area contributed by atoms with Crippen LogP contribution in [-0.2, 0) is 6.54 Å². The van der Waals surface area contributed by atoms with Gasteiger partial charge in [-0.2, -0.15) is 5.10 Å². The molecular formula is C16H30N4. The number of nitrogens with two attached hydrogens (primary N) is 1. The lowest BCUT2D eigenvalue weighted by molar-refractivity contribution is 0.0846. The number of aryl methyl sites for hydroxylation is 1. The van der Waals surface area contributed by atoms with Gasteiger partial charge in [0.2, 0.25) is 0 Å². The van der Waals surface area contributed by atoms with Crippen molar-refractivity contribution in [3.8, 4) is 0 Å². The van der Waals surface area contributed by atoms with Crippen LogP contribution in [0.5, 0.6) is 0 Å². The summed E-state index contributed by atoms with van der Waals surface area (Å²) >= 11 is 0. The first-order valence-electron chi connectivity index (χ1n) is 7.92. The Kier molecular flexibility index (Phi) is 4.86. The molecule has 1 aliphatic heterocycles. The van der Waals surface area contributed by atoms with Crippen LogP contribution in [0.3, 0.4) is 0 Å². The zero-order valence-electron chi connectivity index (χ0n) is 13.5. The van der Waals surface area contributed by atoms with Gasteiger partial charge in [-0.05, 0) is 44.2 Å². The van der Waals surface area contributed by atoms with E-state index in [0.717, 1.165) is 25.6 Å². The van der Waals surface area contributed by atoms with E-state index in [9.17, 15) is 0 Å². The first-order chi connectivity index (χ1) is 9.45. The third-order valence-corrected chi connectivity index (χ3v) is 4.78. The molecule has 1 aliphatic rings. The summed E-state index contributed by atoms with van der Waals surface area (Å²) < 4.78 is 1.99. The Morgan fingerprint density at radius 1 is 1.35 bits per heavy atom. The van der Waals surface area contributed by atoms with Crippen LogP contribution >= 0.6 is 0 Å². The third kappa shape index (κ3) is 3.41. The lowest BCUT2D eigenvalue weighted by Crippen LogP contribution is -2.42. The second-order valence-electron chi connectivity index (χ2n) is 7.06. The van der Waals surface area contributed by atoms with Gasteiger partial charge in [-0.3, -0.25) is 9.58 Å². The highest BCUT2D eigenvalue weighted by molar-refractivity contribution is 5.11. The van der Waals surface area contributed by atoms with Gasteiger partial charge in [0, 0.05) is 24.8 Å². The van der Waals surface area contributed by atoms with Gasteiger partial charge in [0.15, 0.2) is 0 Å². The van der Waals surface area contributed by atoms with E-state index in [1.165, 1.54) is 18.4 Å². The zero-order valence-corrected chi connectivity index (χ0v) is 13.5. The highest BCUT2D eigenvalue weighted by Crippen LogP contribution is 2.36. The summed E-state index contributed by atoms with van der Waals surface area (Å²) in [5.41, 5.74) is 7.72. The van der Waals surface area contributed by atoms with Crippen molar-refractivity contribution in [3.63, 3.8) is 0 Å². The standard InChI is InChI=1S/C16H30N4/c1-5-20-12-13(11-18-20)15(10-17)19-8-6-14(7-9-19)16(2,3)4/h11-12,14-15H,5-10,17H2,1-4H3. The van der Waals surface area contributed by atoms with E-state index in [1.807, 2.05) is 10.9 Å². The maximum atomic E-state index is 6.03. The number of nitrogens with zero attached hydrogens (tertiary/aromatic N) is 3. The summed E-state index contributed by atoms with van der Waals surface area (Å²) in [7, 11) is 0. The molecule has 0 radical (unpaired) electrons. The average molecular weight is 278 g/mol. The molecule has 0 aromatic carbocycles. The zero-order chi connectivity index (χ0) is 14.8. The van der Waals surface area contributed by atoms with Gasteiger partial charge in [-0.25, -0.2) is 0 Å². The van der Waals surface area contributed by atoms with Crippen LogP contribution in [0, 0.1) is 11.3 Å². The molecule has 1 saturated heterocycles. The number of aromatic nitrogens is 2. The minimum Gasteiger partial charge on any atom is -0.329 e. The SMILES string of the molecule is CCn1cc(C(CN)N2CCC(C(C)(C)C)CC2)cn1. The highest BCUT2D eigenvalue weighted by atomic mass is 15.3. The molecule has 4 heteroatoms. The summed E-state index contributed by atoms with van der Waals surface area (Å²) in [6.07, 6.45) is 6.69. The van der Waals surface area contributed by atoms with Crippen molar-refractivity contribution in [1.29, 1.82) is 0 Å². The molecule has 0 spiro atoms. The fourth-order valence-corrected chi connectivity index (χ4v) is 3.30. The molecule has 2 heterocycles. The maximum Gasteiger partial charge on any atom is 0.0538 e. The molecule has 2 rings (SSSR count). The molecule has 4 nitrogen and oxygen atoms in total. The van der Waals surface area contributed by atoms with Gasteiger partial charge >= 0.3 is 0 Å². The number of hydrogen-bond acceptors (Lipinski definition) is 3. The molecule has 1 fully saturated rings. The molecule has 1 atom stereocenters. The van der Waals surface area contributed by atoms with E-state index in [2.05, 4.69) is 43.9 Å². The van der Waals surface area contributed by atoms with E-state index >= 15 is 0 Å². The van der Waals surface area contributed by atoms with Crippen molar-refractivity contribution in [2.24, 2.45) is 17.1 Å². The van der Waals surface area contributed by atoms with Crippen LogP contribution in [0.1, 0.15) is 52.1 Å². The minimum absolute atomic E-state index is 0.330. The van der Waals surface area contributed by atoms with E-state index in [1.54, 1.807) is 0 Å². The summed E-state index contributed by atoms with van der Waals surface area (Å²) in [5.74, 6) is 0.829. The molecule has 0 saturated carbocycles. The first kappa shape index (κ1) is 15.5. The highest BCUT2D eigenvalue weighted by Gasteiger charge is 2.31. The Morgan fingerprint density at radius 2 is 2.00 bits per heavy atom. The lowest BCUT2D eigenvalue weighted by atomic mass is 9.75. The Balaban J connectivity index is 2.00. The average Bonchev–Trinajstić information content (AvgIpc) is 2.88. The molecule has 2 N–H and O–H groups in total. The van der Waals surface area contributed by atoms with Crippen molar-refractivity contribution in [1.82, 2.24) is 14.7 Å². The molecule has 0 bridgehead atoms. The van der Waals surface area contributed by atoms with Crippen LogP contribution in [0.2, 0.25) is 0 Å². The summed E-state index contributed by atoms with van der Waals surface area (Å²) in [6.45, 7) is 13.1. The van der Waals surface area contributed by atoms with Gasteiger partial charge in [0.05, 0.1) is 12.2 Å². The summed E-state index contributed by atoms with van der Waals surface area (Å²) in [6, 6.07) is 0.330. The van der Waals surface area contributed by atoms with Gasteiger partial charge in [-0.1, -0.05) is 20.8 Å². The van der Waals surface area contributed by atoms with Crippen LogP contribution in [0.25, 0.3) is 0 Å². The molecule has 114 valence electrons. The number of piperidine rings is 1. The lowest BCUT2D eigenvalue weighted by Gasteiger charge is -2.41. The fraction of sp³-hybridized carbons (Fsp3) is 0.812. The molecule has 0 amide bonds. The molecule has 1 aromatic rings. The van der Waals surface area contributed by atoms with Crippen molar-refractivity contribution >= 4 is 0 Å². The second kappa shape index (κ2) is 6.27. The van der Waals surface area contributed by atoms with Gasteiger partial charge in [0.1, 0.15) is 0 Å². The monoisotopic (exact) mass is 278 g/mol. The van der Waals surface area contributed by atoms with Gasteiger partial charge in [0.25, 0.3) is 0 Å². The maximum absolute atomic E-state index is 6.03. The summed E-state index contributed by atoms with van der Waals surface area (Å²) in [5, 5.41) is 4.39. The molecular weight excluding hydrogens is 248 g/mol. The third-order valence-electron chi connectivity index (χ3n) is 4.78. The van der Waals surface area contributed by atoms with Crippen molar-refractivity contribution < 1.29 is 0 Å². The van der Waals surface area contributed by atoms with Crippen LogP contribution < -0.4 is 5.73 Å². The van der Waals surface area contributed by atoms with E-state index in [-0.39, 0.29) is 0 Å². The van der Waals surface area contributed by atoms with Gasteiger partial charge in [-0.15, -0.1) is 0 Å². The van der Waals surface area contributed by atoms with E-state index in [4.69, 9.17) is 5.73 Å². The Morgan fingerprint density at radius 3 is 2.45 bits per heavy atom.